The van der Waals surface area contributed by atoms with Crippen LogP contribution in [0, 0.1) is 12.3 Å². The summed E-state index contributed by atoms with van der Waals surface area (Å²) in [6, 6.07) is 1.60. The monoisotopic (exact) mass is 283 g/mol. The molecule has 0 saturated heterocycles. The number of aryl methyl sites for hydroxylation is 1. The highest BCUT2D eigenvalue weighted by Gasteiger charge is 2.33. The van der Waals surface area contributed by atoms with Gasteiger partial charge in [0.15, 0.2) is 0 Å². The summed E-state index contributed by atoms with van der Waals surface area (Å²) in [5, 5.41) is 12.4. The van der Waals surface area contributed by atoms with Gasteiger partial charge >= 0.3 is 0 Å². The van der Waals surface area contributed by atoms with Crippen LogP contribution < -0.4 is 5.32 Å². The molecule has 0 radical (unpaired) electrons. The van der Waals surface area contributed by atoms with Crippen LogP contribution in [0.15, 0.2) is 6.07 Å². The Hall–Kier alpha value is -1.20. The molecular formula is C13H18ClN3O2. The summed E-state index contributed by atoms with van der Waals surface area (Å²) in [7, 11) is 0. The van der Waals surface area contributed by atoms with E-state index < -0.39 is 0 Å². The molecule has 2 N–H and O–H groups in total. The maximum Gasteiger partial charge on any atom is 0.270 e. The summed E-state index contributed by atoms with van der Waals surface area (Å²) in [5.74, 6) is -0.271. The van der Waals surface area contributed by atoms with Crippen molar-refractivity contribution in [3.05, 3.63) is 22.7 Å². The third-order valence-electron chi connectivity index (χ3n) is 3.68. The molecule has 1 fully saturated rings. The molecular weight excluding hydrogens is 266 g/mol. The molecule has 1 heterocycles. The van der Waals surface area contributed by atoms with E-state index in [4.69, 9.17) is 11.6 Å². The Bertz CT molecular complexity index is 453. The number of rotatable bonds is 4. The second-order valence-corrected chi connectivity index (χ2v) is 5.55. The molecule has 0 aliphatic heterocycles. The van der Waals surface area contributed by atoms with Gasteiger partial charge < -0.3 is 10.4 Å². The molecule has 19 heavy (non-hydrogen) atoms. The SMILES string of the molecule is Cc1cc(C(=O)NCC2(CO)CCCC2)nc(Cl)n1. The summed E-state index contributed by atoms with van der Waals surface area (Å²) in [6.45, 7) is 2.34. The molecule has 1 aliphatic rings. The molecule has 1 amide bonds. The fourth-order valence-corrected chi connectivity index (χ4v) is 2.75. The van der Waals surface area contributed by atoms with Gasteiger partial charge in [0.05, 0.1) is 6.61 Å². The van der Waals surface area contributed by atoms with E-state index in [9.17, 15) is 9.90 Å². The van der Waals surface area contributed by atoms with Crippen LogP contribution in [0.25, 0.3) is 0 Å². The number of nitrogens with one attached hydrogen (secondary N) is 1. The van der Waals surface area contributed by atoms with Gasteiger partial charge in [-0.15, -0.1) is 0 Å². The first kappa shape index (κ1) is 14.2. The average Bonchev–Trinajstić information content (AvgIpc) is 2.84. The second kappa shape index (κ2) is 5.84. The Balaban J connectivity index is 2.01. The van der Waals surface area contributed by atoms with Crippen molar-refractivity contribution in [2.24, 2.45) is 5.41 Å². The molecule has 104 valence electrons. The first-order valence-electron chi connectivity index (χ1n) is 6.45. The number of carbonyl (C=O) groups is 1. The third kappa shape index (κ3) is 3.42. The van der Waals surface area contributed by atoms with E-state index in [1.807, 2.05) is 0 Å². The minimum Gasteiger partial charge on any atom is -0.396 e. The van der Waals surface area contributed by atoms with Gasteiger partial charge in [-0.1, -0.05) is 12.8 Å². The zero-order chi connectivity index (χ0) is 13.9. The lowest BCUT2D eigenvalue weighted by Gasteiger charge is -2.26. The standard InChI is InChI=1S/C13H18ClN3O2/c1-9-6-10(17-12(14)16-9)11(19)15-7-13(8-18)4-2-3-5-13/h6,18H,2-5,7-8H2,1H3,(H,15,19). The summed E-state index contributed by atoms with van der Waals surface area (Å²) < 4.78 is 0. The van der Waals surface area contributed by atoms with Crippen LogP contribution in [-0.2, 0) is 0 Å². The van der Waals surface area contributed by atoms with Gasteiger partial charge in [0.2, 0.25) is 5.28 Å². The first-order chi connectivity index (χ1) is 9.04. The maximum atomic E-state index is 12.0. The zero-order valence-electron chi connectivity index (χ0n) is 10.9. The van der Waals surface area contributed by atoms with Crippen LogP contribution in [0.4, 0.5) is 0 Å². The van der Waals surface area contributed by atoms with Crippen LogP contribution in [0.5, 0.6) is 0 Å². The number of aliphatic hydroxyl groups excluding tert-OH is 1. The van der Waals surface area contributed by atoms with Gasteiger partial charge in [0, 0.05) is 17.7 Å². The molecule has 0 aromatic carbocycles. The topological polar surface area (TPSA) is 75.1 Å². The van der Waals surface area contributed by atoms with Crippen LogP contribution in [0.2, 0.25) is 5.28 Å². The lowest BCUT2D eigenvalue weighted by atomic mass is 9.87. The summed E-state index contributed by atoms with van der Waals surface area (Å²) in [6.07, 6.45) is 4.12. The van der Waals surface area contributed by atoms with E-state index in [0.29, 0.717) is 12.2 Å². The number of amides is 1. The van der Waals surface area contributed by atoms with Crippen molar-refractivity contribution in [2.45, 2.75) is 32.6 Å². The molecule has 2 rings (SSSR count). The molecule has 1 aromatic rings. The van der Waals surface area contributed by atoms with Gasteiger partial charge in [0.1, 0.15) is 5.69 Å². The number of aromatic nitrogens is 2. The Kier molecular flexibility index (Phi) is 4.37. The maximum absolute atomic E-state index is 12.0. The van der Waals surface area contributed by atoms with E-state index in [-0.39, 0.29) is 28.9 Å². The fourth-order valence-electron chi connectivity index (χ4n) is 2.52. The molecule has 1 aliphatic carbocycles. The molecule has 0 atom stereocenters. The van der Waals surface area contributed by atoms with E-state index in [1.165, 1.54) is 0 Å². The van der Waals surface area contributed by atoms with Crippen molar-refractivity contribution in [3.8, 4) is 0 Å². The number of hydrogen-bond acceptors (Lipinski definition) is 4. The number of nitrogens with zero attached hydrogens (tertiary/aromatic N) is 2. The Labute approximate surface area is 117 Å². The molecule has 5 nitrogen and oxygen atoms in total. The molecule has 1 aromatic heterocycles. The Morgan fingerprint density at radius 1 is 1.47 bits per heavy atom. The third-order valence-corrected chi connectivity index (χ3v) is 3.85. The molecule has 0 bridgehead atoms. The van der Waals surface area contributed by atoms with Gasteiger partial charge in [-0.25, -0.2) is 9.97 Å². The highest BCUT2D eigenvalue weighted by molar-refractivity contribution is 6.28. The lowest BCUT2D eigenvalue weighted by molar-refractivity contribution is 0.0875. The minimum absolute atomic E-state index is 0.0721. The minimum atomic E-state index is -0.271. The highest BCUT2D eigenvalue weighted by atomic mass is 35.5. The Morgan fingerprint density at radius 2 is 2.16 bits per heavy atom. The van der Waals surface area contributed by atoms with E-state index >= 15 is 0 Å². The predicted octanol–water partition coefficient (Wildman–Crippen LogP) is 1.72. The zero-order valence-corrected chi connectivity index (χ0v) is 11.7. The lowest BCUT2D eigenvalue weighted by Crippen LogP contribution is -2.38. The van der Waals surface area contributed by atoms with Crippen molar-refractivity contribution in [1.29, 1.82) is 0 Å². The molecule has 6 heteroatoms. The van der Waals surface area contributed by atoms with E-state index in [2.05, 4.69) is 15.3 Å². The van der Waals surface area contributed by atoms with Crippen LogP contribution in [-0.4, -0.2) is 34.1 Å². The summed E-state index contributed by atoms with van der Waals surface area (Å²) in [4.78, 5) is 19.8. The first-order valence-corrected chi connectivity index (χ1v) is 6.83. The van der Waals surface area contributed by atoms with Gasteiger partial charge in [-0.05, 0) is 37.4 Å². The van der Waals surface area contributed by atoms with E-state index in [1.54, 1.807) is 13.0 Å². The average molecular weight is 284 g/mol. The van der Waals surface area contributed by atoms with Gasteiger partial charge in [-0.2, -0.15) is 0 Å². The second-order valence-electron chi connectivity index (χ2n) is 5.21. The number of aliphatic hydroxyl groups is 1. The highest BCUT2D eigenvalue weighted by Crippen LogP contribution is 2.36. The van der Waals surface area contributed by atoms with Crippen molar-refractivity contribution in [1.82, 2.24) is 15.3 Å². The largest absolute Gasteiger partial charge is 0.396 e. The molecule has 0 unspecified atom stereocenters. The number of carbonyl (C=O) groups excluding carboxylic acids is 1. The smallest absolute Gasteiger partial charge is 0.270 e. The van der Waals surface area contributed by atoms with E-state index in [0.717, 1.165) is 25.7 Å². The predicted molar refractivity (Wildman–Crippen MR) is 72.1 cm³/mol. The fraction of sp³-hybridized carbons (Fsp3) is 0.615. The van der Waals surface area contributed by atoms with Crippen LogP contribution >= 0.6 is 11.6 Å². The Morgan fingerprint density at radius 3 is 2.74 bits per heavy atom. The number of halogens is 1. The summed E-state index contributed by atoms with van der Waals surface area (Å²) in [5.41, 5.74) is 0.758. The molecule has 1 saturated carbocycles. The van der Waals surface area contributed by atoms with Crippen molar-refractivity contribution in [2.75, 3.05) is 13.2 Å². The molecule has 0 spiro atoms. The van der Waals surface area contributed by atoms with Crippen molar-refractivity contribution < 1.29 is 9.90 Å². The van der Waals surface area contributed by atoms with Crippen molar-refractivity contribution in [3.63, 3.8) is 0 Å². The number of hydrogen-bond donors (Lipinski definition) is 2. The normalized spacial score (nSPS) is 17.4. The quantitative estimate of drug-likeness (QED) is 0.825. The van der Waals surface area contributed by atoms with Crippen LogP contribution in [0.3, 0.4) is 0 Å². The van der Waals surface area contributed by atoms with Gasteiger partial charge in [0.25, 0.3) is 5.91 Å². The van der Waals surface area contributed by atoms with Crippen molar-refractivity contribution >= 4 is 17.5 Å². The van der Waals surface area contributed by atoms with Gasteiger partial charge in [-0.3, -0.25) is 4.79 Å². The van der Waals surface area contributed by atoms with Crippen LogP contribution in [0.1, 0.15) is 41.9 Å². The summed E-state index contributed by atoms with van der Waals surface area (Å²) >= 11 is 5.73.